The van der Waals surface area contributed by atoms with E-state index in [-0.39, 0.29) is 23.7 Å². The summed E-state index contributed by atoms with van der Waals surface area (Å²) >= 11 is 6.08. The Morgan fingerprint density at radius 2 is 1.89 bits per heavy atom. The summed E-state index contributed by atoms with van der Waals surface area (Å²) in [5.41, 5.74) is 2.07. The van der Waals surface area contributed by atoms with Crippen molar-refractivity contribution in [1.82, 2.24) is 10.2 Å². The highest BCUT2D eigenvalue weighted by Crippen LogP contribution is 2.34. The largest absolute Gasteiger partial charge is 0.493 e. The molecule has 0 bridgehead atoms. The van der Waals surface area contributed by atoms with Gasteiger partial charge in [-0.1, -0.05) is 50.3 Å². The Balaban J connectivity index is 1.92. The van der Waals surface area contributed by atoms with Gasteiger partial charge in [-0.05, 0) is 69.1 Å². The molecule has 200 valence electrons. The number of hydrogen-bond acceptors (Lipinski definition) is 4. The minimum Gasteiger partial charge on any atom is -0.493 e. The Morgan fingerprint density at radius 1 is 1.11 bits per heavy atom. The van der Waals surface area contributed by atoms with Gasteiger partial charge in [0.15, 0.2) is 11.5 Å². The molecule has 1 fully saturated rings. The monoisotopic (exact) mass is 518 g/mol. The van der Waals surface area contributed by atoms with E-state index < -0.39 is 6.04 Å². The first kappa shape index (κ1) is 28.4. The van der Waals surface area contributed by atoms with E-state index in [1.54, 1.807) is 12.0 Å². The van der Waals surface area contributed by atoms with Crippen LogP contribution in [0.15, 0.2) is 29.8 Å². The van der Waals surface area contributed by atoms with Gasteiger partial charge in [-0.25, -0.2) is 0 Å². The van der Waals surface area contributed by atoms with Crippen molar-refractivity contribution in [3.05, 3.63) is 35.4 Å². The number of allylic oxidation sites excluding steroid dienone is 1. The Labute approximate surface area is 221 Å². The van der Waals surface area contributed by atoms with Crippen LogP contribution in [0.25, 0.3) is 0 Å². The normalized spacial score (nSPS) is 17.5. The second-order valence-electron chi connectivity index (χ2n) is 9.94. The molecule has 1 aromatic rings. The van der Waals surface area contributed by atoms with Gasteiger partial charge in [0.2, 0.25) is 11.8 Å². The van der Waals surface area contributed by atoms with E-state index in [1.807, 2.05) is 25.1 Å². The number of alkyl halides is 1. The second-order valence-corrected chi connectivity index (χ2v) is 10.2. The van der Waals surface area contributed by atoms with Crippen LogP contribution in [-0.2, 0) is 9.59 Å². The minimum absolute atomic E-state index is 0.130. The molecule has 2 amide bonds. The van der Waals surface area contributed by atoms with Crippen LogP contribution in [-0.4, -0.2) is 48.9 Å². The number of methoxy groups -OCH3 is 1. The van der Waals surface area contributed by atoms with Crippen molar-refractivity contribution in [3.8, 4) is 11.5 Å². The third-order valence-electron chi connectivity index (χ3n) is 7.22. The summed E-state index contributed by atoms with van der Waals surface area (Å²) in [6.07, 6.45) is 15.0. The number of nitrogens with one attached hydrogen (secondary N) is 1. The lowest BCUT2D eigenvalue weighted by Gasteiger charge is -2.33. The van der Waals surface area contributed by atoms with Gasteiger partial charge >= 0.3 is 0 Å². The van der Waals surface area contributed by atoms with Gasteiger partial charge in [-0.2, -0.15) is 0 Å². The molecule has 1 aromatic carbocycles. The number of nitrogens with zero attached hydrogens (tertiary/aromatic N) is 1. The van der Waals surface area contributed by atoms with Gasteiger partial charge in [0.1, 0.15) is 11.9 Å². The molecule has 1 atom stereocenters. The molecule has 0 aromatic heterocycles. The van der Waals surface area contributed by atoms with Crippen molar-refractivity contribution >= 4 is 23.4 Å². The topological polar surface area (TPSA) is 67.9 Å². The molecule has 1 saturated carbocycles. The molecular weight excluding hydrogens is 476 g/mol. The first-order chi connectivity index (χ1) is 17.6. The van der Waals surface area contributed by atoms with Gasteiger partial charge < -0.3 is 19.7 Å². The smallest absolute Gasteiger partial charge is 0.247 e. The van der Waals surface area contributed by atoms with Crippen LogP contribution in [0.2, 0.25) is 0 Å². The van der Waals surface area contributed by atoms with E-state index in [0.29, 0.717) is 30.2 Å². The highest BCUT2D eigenvalue weighted by atomic mass is 35.5. The fourth-order valence-corrected chi connectivity index (χ4v) is 5.39. The van der Waals surface area contributed by atoms with Gasteiger partial charge in [-0.3, -0.25) is 9.59 Å². The lowest BCUT2D eigenvalue weighted by molar-refractivity contribution is -0.139. The summed E-state index contributed by atoms with van der Waals surface area (Å²) in [7, 11) is 1.59. The molecule has 0 unspecified atom stereocenters. The van der Waals surface area contributed by atoms with Crippen LogP contribution in [0.5, 0.6) is 11.5 Å². The highest BCUT2D eigenvalue weighted by Gasteiger charge is 2.33. The first-order valence-corrected chi connectivity index (χ1v) is 14.2. The summed E-state index contributed by atoms with van der Waals surface area (Å²) in [6, 6.07) is 4.89. The number of carbonyl (C=O) groups is 2. The number of carbonyl (C=O) groups excluding carboxylic acids is 2. The molecule has 0 aliphatic heterocycles. The standard InChI is InChI=1S/C29H43ClN2O4/c1-3-19-36-25-16-15-23(20-26(25)35-2)28(29(34)31-24-13-9-4-5-10-14-24)32(27(33)21-30)18-17-22-11-7-6-8-12-22/h11,15-16,20,24,28H,3-10,12-14,17-19,21H2,1-2H3,(H,31,34)/t28-/m0/s1. The Bertz CT molecular complexity index is 880. The fraction of sp³-hybridized carbons (Fsp3) is 0.655. The van der Waals surface area contributed by atoms with Crippen LogP contribution < -0.4 is 14.8 Å². The molecule has 0 radical (unpaired) electrons. The average molecular weight is 519 g/mol. The lowest BCUT2D eigenvalue weighted by Crippen LogP contribution is -2.47. The van der Waals surface area contributed by atoms with Crippen LogP contribution in [0.3, 0.4) is 0 Å². The molecule has 1 N–H and O–H groups in total. The van der Waals surface area contributed by atoms with Gasteiger partial charge in [0, 0.05) is 12.6 Å². The molecule has 0 heterocycles. The summed E-state index contributed by atoms with van der Waals surface area (Å²) < 4.78 is 11.4. The van der Waals surface area contributed by atoms with E-state index in [0.717, 1.165) is 51.4 Å². The molecule has 3 rings (SSSR count). The SMILES string of the molecule is CCCOc1ccc([C@@H](C(=O)NC2CCCCCC2)N(CCC2=CCCCC2)C(=O)CCl)cc1OC. The van der Waals surface area contributed by atoms with Crippen LogP contribution in [0.1, 0.15) is 95.6 Å². The molecule has 6 nitrogen and oxygen atoms in total. The van der Waals surface area contributed by atoms with Gasteiger partial charge in [0.05, 0.1) is 13.7 Å². The van der Waals surface area contributed by atoms with Crippen LogP contribution in [0, 0.1) is 0 Å². The molecule has 2 aliphatic carbocycles. The highest BCUT2D eigenvalue weighted by molar-refractivity contribution is 6.27. The van der Waals surface area contributed by atoms with Crippen molar-refractivity contribution in [1.29, 1.82) is 0 Å². The third-order valence-corrected chi connectivity index (χ3v) is 7.45. The molecule has 7 heteroatoms. The average Bonchev–Trinajstić information content (AvgIpc) is 3.18. The number of halogens is 1. The second kappa shape index (κ2) is 15.1. The maximum absolute atomic E-state index is 13.9. The van der Waals surface area contributed by atoms with E-state index >= 15 is 0 Å². The van der Waals surface area contributed by atoms with E-state index in [4.69, 9.17) is 21.1 Å². The summed E-state index contributed by atoms with van der Waals surface area (Å²) in [6.45, 7) is 3.08. The molecule has 0 spiro atoms. The van der Waals surface area contributed by atoms with E-state index in [2.05, 4.69) is 11.4 Å². The Morgan fingerprint density at radius 3 is 2.53 bits per heavy atom. The van der Waals surface area contributed by atoms with Gasteiger partial charge in [0.25, 0.3) is 0 Å². The van der Waals surface area contributed by atoms with E-state index in [9.17, 15) is 9.59 Å². The van der Waals surface area contributed by atoms with Crippen molar-refractivity contribution in [3.63, 3.8) is 0 Å². The maximum Gasteiger partial charge on any atom is 0.247 e. The van der Waals surface area contributed by atoms with Crippen LogP contribution >= 0.6 is 11.6 Å². The zero-order chi connectivity index (χ0) is 25.8. The van der Waals surface area contributed by atoms with Gasteiger partial charge in [-0.15, -0.1) is 11.6 Å². The zero-order valence-corrected chi connectivity index (χ0v) is 22.8. The summed E-state index contributed by atoms with van der Waals surface area (Å²) in [4.78, 5) is 28.7. The number of amides is 2. The lowest BCUT2D eigenvalue weighted by atomic mass is 9.96. The first-order valence-electron chi connectivity index (χ1n) is 13.7. The predicted octanol–water partition coefficient (Wildman–Crippen LogP) is 6.32. The zero-order valence-electron chi connectivity index (χ0n) is 22.0. The predicted molar refractivity (Wildman–Crippen MR) is 145 cm³/mol. The van der Waals surface area contributed by atoms with E-state index in [1.165, 1.54) is 31.3 Å². The minimum atomic E-state index is -0.780. The van der Waals surface area contributed by atoms with Crippen molar-refractivity contribution in [2.75, 3.05) is 26.1 Å². The number of benzene rings is 1. The number of hydrogen-bond donors (Lipinski definition) is 1. The van der Waals surface area contributed by atoms with Crippen molar-refractivity contribution in [2.45, 2.75) is 96.1 Å². The Hall–Kier alpha value is -2.21. The van der Waals surface area contributed by atoms with Crippen LogP contribution in [0.4, 0.5) is 0 Å². The number of rotatable bonds is 12. The number of ether oxygens (including phenoxy) is 2. The third kappa shape index (κ3) is 8.16. The molecular formula is C29H43ClN2O4. The maximum atomic E-state index is 13.9. The molecule has 36 heavy (non-hydrogen) atoms. The Kier molecular flexibility index (Phi) is 11.9. The molecule has 0 saturated heterocycles. The quantitative estimate of drug-likeness (QED) is 0.200. The molecule has 2 aliphatic rings. The van der Waals surface area contributed by atoms with Crippen molar-refractivity contribution in [2.24, 2.45) is 0 Å². The fourth-order valence-electron chi connectivity index (χ4n) is 5.23. The summed E-state index contributed by atoms with van der Waals surface area (Å²) in [5.74, 6) is 0.637. The van der Waals surface area contributed by atoms with Crippen molar-refractivity contribution < 1.29 is 19.1 Å². The summed E-state index contributed by atoms with van der Waals surface area (Å²) in [5, 5.41) is 3.28.